The third kappa shape index (κ3) is 1.39. The van der Waals surface area contributed by atoms with Crippen molar-refractivity contribution >= 4 is 0 Å². The number of hydrogen-bond donors (Lipinski definition) is 1. The lowest BCUT2D eigenvalue weighted by molar-refractivity contribution is -0.709. The summed E-state index contributed by atoms with van der Waals surface area (Å²) in [5.74, 6) is 0.730. The highest BCUT2D eigenvalue weighted by atomic mass is 15.1. The molecule has 2 rings (SSSR count). The number of nitrogens with zero attached hydrogens (tertiary/aromatic N) is 1. The largest absolute Gasteiger partial charge is 0.338 e. The minimum Gasteiger partial charge on any atom is -0.338 e. The molecule has 0 aromatic carbocycles. The summed E-state index contributed by atoms with van der Waals surface area (Å²) in [6.07, 6.45) is 0. The van der Waals surface area contributed by atoms with E-state index in [0.717, 1.165) is 5.92 Å². The molecule has 0 unspecified atom stereocenters. The van der Waals surface area contributed by atoms with Gasteiger partial charge in [0.05, 0.1) is 18.8 Å². The Morgan fingerprint density at radius 2 is 2.23 bits per heavy atom. The second-order valence-electron chi connectivity index (χ2n) is 4.35. The Labute approximate surface area is 79.9 Å². The van der Waals surface area contributed by atoms with Crippen molar-refractivity contribution in [3.63, 3.8) is 0 Å². The molecule has 0 bridgehead atoms. The summed E-state index contributed by atoms with van der Waals surface area (Å²) in [7, 11) is 0. The van der Waals surface area contributed by atoms with Crippen molar-refractivity contribution in [3.05, 3.63) is 23.5 Å². The van der Waals surface area contributed by atoms with Crippen LogP contribution in [0.25, 0.3) is 0 Å². The zero-order valence-electron chi connectivity index (χ0n) is 8.75. The van der Waals surface area contributed by atoms with Gasteiger partial charge in [0.2, 0.25) is 0 Å². The highest BCUT2D eigenvalue weighted by Crippen LogP contribution is 2.22. The second kappa shape index (κ2) is 3.18. The molecule has 0 aliphatic carbocycles. The smallest absolute Gasteiger partial charge is 0.129 e. The summed E-state index contributed by atoms with van der Waals surface area (Å²) >= 11 is 0. The van der Waals surface area contributed by atoms with Crippen LogP contribution in [0.15, 0.2) is 12.1 Å². The van der Waals surface area contributed by atoms with Gasteiger partial charge in [-0.05, 0) is 19.1 Å². The average Bonchev–Trinajstić information content (AvgIpc) is 2.48. The molecular weight excluding hydrogens is 160 g/mol. The van der Waals surface area contributed by atoms with Crippen molar-refractivity contribution in [1.29, 1.82) is 0 Å². The van der Waals surface area contributed by atoms with E-state index in [4.69, 9.17) is 0 Å². The molecule has 72 valence electrons. The molecule has 1 aromatic rings. The lowest BCUT2D eigenvalue weighted by Gasteiger charge is -2.26. The van der Waals surface area contributed by atoms with Gasteiger partial charge in [0.1, 0.15) is 6.04 Å². The number of hydrogen-bond acceptors (Lipinski definition) is 0. The van der Waals surface area contributed by atoms with Gasteiger partial charge >= 0.3 is 0 Å². The van der Waals surface area contributed by atoms with Crippen molar-refractivity contribution in [1.82, 2.24) is 4.57 Å². The highest BCUT2D eigenvalue weighted by Gasteiger charge is 2.26. The van der Waals surface area contributed by atoms with E-state index in [2.05, 4.69) is 42.8 Å². The van der Waals surface area contributed by atoms with Gasteiger partial charge in [-0.3, -0.25) is 0 Å². The molecule has 0 fully saturated rings. The van der Waals surface area contributed by atoms with Gasteiger partial charge in [-0.2, -0.15) is 0 Å². The summed E-state index contributed by atoms with van der Waals surface area (Å²) in [5.41, 5.74) is 2.92. The first kappa shape index (κ1) is 8.82. The molecule has 2 N–H and O–H groups in total. The Morgan fingerprint density at radius 3 is 2.92 bits per heavy atom. The Kier molecular flexibility index (Phi) is 2.16. The maximum absolute atomic E-state index is 2.47. The molecule has 2 nitrogen and oxygen atoms in total. The van der Waals surface area contributed by atoms with Crippen molar-refractivity contribution in [3.8, 4) is 0 Å². The predicted octanol–water partition coefficient (Wildman–Crippen LogP) is 1.07. The number of aryl methyl sites for hydroxylation is 1. The van der Waals surface area contributed by atoms with Crippen LogP contribution in [0.3, 0.4) is 0 Å². The van der Waals surface area contributed by atoms with Gasteiger partial charge in [0.15, 0.2) is 0 Å². The molecule has 13 heavy (non-hydrogen) atoms. The molecule has 0 spiro atoms. The van der Waals surface area contributed by atoms with Crippen molar-refractivity contribution in [2.45, 2.75) is 33.4 Å². The van der Waals surface area contributed by atoms with Crippen molar-refractivity contribution < 1.29 is 5.32 Å². The van der Waals surface area contributed by atoms with E-state index in [9.17, 15) is 0 Å². The van der Waals surface area contributed by atoms with E-state index in [-0.39, 0.29) is 0 Å². The summed E-state index contributed by atoms with van der Waals surface area (Å²) < 4.78 is 2.46. The first-order valence-electron chi connectivity index (χ1n) is 5.19. The lowest BCUT2D eigenvalue weighted by Crippen LogP contribution is -2.88. The van der Waals surface area contributed by atoms with Crippen LogP contribution < -0.4 is 5.32 Å². The average molecular weight is 179 g/mol. The molecule has 0 radical (unpaired) electrons. The van der Waals surface area contributed by atoms with Crippen LogP contribution >= 0.6 is 0 Å². The zero-order chi connectivity index (χ0) is 9.42. The maximum atomic E-state index is 2.47. The summed E-state index contributed by atoms with van der Waals surface area (Å²) in [6.45, 7) is 9.22. The molecule has 0 saturated heterocycles. The Morgan fingerprint density at radius 1 is 1.46 bits per heavy atom. The normalized spacial score (nSPS) is 22.0. The minimum atomic E-state index is 0.669. The van der Waals surface area contributed by atoms with E-state index in [0.29, 0.717) is 6.04 Å². The van der Waals surface area contributed by atoms with Crippen molar-refractivity contribution in [2.75, 3.05) is 6.54 Å². The maximum Gasteiger partial charge on any atom is 0.129 e. The van der Waals surface area contributed by atoms with Crippen LogP contribution in [-0.2, 0) is 6.54 Å². The van der Waals surface area contributed by atoms with Gasteiger partial charge in [-0.1, -0.05) is 13.8 Å². The quantitative estimate of drug-likeness (QED) is 0.666. The first-order valence-corrected chi connectivity index (χ1v) is 5.19. The fourth-order valence-corrected chi connectivity index (χ4v) is 2.30. The molecule has 1 aromatic heterocycles. The predicted molar refractivity (Wildman–Crippen MR) is 53.5 cm³/mol. The Hall–Kier alpha value is -0.760. The monoisotopic (exact) mass is 179 g/mol. The topological polar surface area (TPSA) is 21.5 Å². The molecule has 2 heteroatoms. The van der Waals surface area contributed by atoms with Crippen LogP contribution in [0.4, 0.5) is 0 Å². The Bertz CT molecular complexity index is 299. The number of aromatic nitrogens is 1. The van der Waals surface area contributed by atoms with Gasteiger partial charge in [-0.15, -0.1) is 0 Å². The molecule has 1 aliphatic heterocycles. The molecule has 1 aliphatic rings. The fraction of sp³-hybridized carbons (Fsp3) is 0.636. The number of rotatable bonds is 1. The van der Waals surface area contributed by atoms with Gasteiger partial charge in [-0.25, -0.2) is 0 Å². The summed E-state index contributed by atoms with van der Waals surface area (Å²) in [5, 5.41) is 2.47. The molecular formula is C11H19N2+. The van der Waals surface area contributed by atoms with E-state index < -0.39 is 0 Å². The van der Waals surface area contributed by atoms with E-state index in [1.54, 1.807) is 0 Å². The fourth-order valence-electron chi connectivity index (χ4n) is 2.30. The van der Waals surface area contributed by atoms with Crippen LogP contribution in [0.5, 0.6) is 0 Å². The molecule has 2 heterocycles. The van der Waals surface area contributed by atoms with Gasteiger partial charge < -0.3 is 9.88 Å². The standard InChI is InChI=1S/C11H18N2/c1-8(2)11-10-5-4-9(3)13(10)7-6-12-11/h4-5,8,11-12H,6-7H2,1-3H3/p+1/t11-/m1/s1. The summed E-state index contributed by atoms with van der Waals surface area (Å²) in [4.78, 5) is 0. The Balaban J connectivity index is 2.38. The first-order chi connectivity index (χ1) is 6.20. The molecule has 0 saturated carbocycles. The number of nitrogens with two attached hydrogens (primary N) is 1. The third-order valence-corrected chi connectivity index (χ3v) is 3.07. The van der Waals surface area contributed by atoms with Gasteiger partial charge in [0, 0.05) is 11.6 Å². The van der Waals surface area contributed by atoms with E-state index >= 15 is 0 Å². The van der Waals surface area contributed by atoms with Crippen LogP contribution in [0, 0.1) is 12.8 Å². The third-order valence-electron chi connectivity index (χ3n) is 3.07. The van der Waals surface area contributed by atoms with E-state index in [1.165, 1.54) is 24.5 Å². The van der Waals surface area contributed by atoms with Crippen molar-refractivity contribution in [2.24, 2.45) is 5.92 Å². The van der Waals surface area contributed by atoms with Crippen LogP contribution in [0.1, 0.15) is 31.3 Å². The minimum absolute atomic E-state index is 0.669. The molecule has 0 amide bonds. The molecule has 1 atom stereocenters. The SMILES string of the molecule is Cc1ccc2n1CC[NH2+][C@@H]2C(C)C. The number of quaternary nitrogens is 1. The van der Waals surface area contributed by atoms with Crippen LogP contribution in [0.2, 0.25) is 0 Å². The summed E-state index contributed by atoms with van der Waals surface area (Å²) in [6, 6.07) is 5.20. The van der Waals surface area contributed by atoms with E-state index in [1.807, 2.05) is 0 Å². The highest BCUT2D eigenvalue weighted by molar-refractivity contribution is 5.18. The second-order valence-corrected chi connectivity index (χ2v) is 4.35. The number of fused-ring (bicyclic) bond motifs is 1. The van der Waals surface area contributed by atoms with Gasteiger partial charge in [0.25, 0.3) is 0 Å². The zero-order valence-corrected chi connectivity index (χ0v) is 8.75. The van der Waals surface area contributed by atoms with Crippen LogP contribution in [-0.4, -0.2) is 11.1 Å². The lowest BCUT2D eigenvalue weighted by atomic mass is 10.00.